The molecule has 6 nitrogen and oxygen atoms in total. The minimum absolute atomic E-state index is 0.0593. The molecule has 2 aromatic rings. The van der Waals surface area contributed by atoms with Gasteiger partial charge in [0.25, 0.3) is 5.91 Å². The Kier molecular flexibility index (Phi) is 3.68. The van der Waals surface area contributed by atoms with Gasteiger partial charge in [0.1, 0.15) is 0 Å². The van der Waals surface area contributed by atoms with E-state index in [4.69, 9.17) is 10.5 Å². The van der Waals surface area contributed by atoms with Crippen molar-refractivity contribution in [1.82, 2.24) is 15.4 Å². The van der Waals surface area contributed by atoms with Crippen LogP contribution < -0.4 is 11.2 Å². The predicted octanol–water partition coefficient (Wildman–Crippen LogP) is 2.17. The van der Waals surface area contributed by atoms with Crippen LogP contribution in [-0.2, 0) is 4.74 Å². The van der Waals surface area contributed by atoms with Crippen LogP contribution in [0.3, 0.4) is 0 Å². The first-order valence-electron chi connectivity index (χ1n) is 8.27. The summed E-state index contributed by atoms with van der Waals surface area (Å²) in [6, 6.07) is 7.76. The number of hydrogen-bond acceptors (Lipinski definition) is 4. The lowest BCUT2D eigenvalue weighted by Crippen LogP contribution is -2.45. The van der Waals surface area contributed by atoms with Crippen LogP contribution in [0.1, 0.15) is 35.3 Å². The first-order valence-corrected chi connectivity index (χ1v) is 8.27. The molecule has 1 aromatic carbocycles. The number of H-pyrrole nitrogens is 1. The van der Waals surface area contributed by atoms with Gasteiger partial charge in [0.15, 0.2) is 0 Å². The second-order valence-electron chi connectivity index (χ2n) is 6.54. The molecule has 4 rings (SSSR count). The molecule has 126 valence electrons. The summed E-state index contributed by atoms with van der Waals surface area (Å²) in [6.45, 7) is 1.99. The van der Waals surface area contributed by atoms with E-state index in [0.29, 0.717) is 5.56 Å². The Labute approximate surface area is 140 Å². The number of ether oxygens (including phenoxy) is 1. The lowest BCUT2D eigenvalue weighted by molar-refractivity contribution is 0.0712. The predicted molar refractivity (Wildman–Crippen MR) is 92.0 cm³/mol. The van der Waals surface area contributed by atoms with Crippen LogP contribution >= 0.6 is 0 Å². The van der Waals surface area contributed by atoms with Gasteiger partial charge in [0, 0.05) is 29.4 Å². The fraction of sp³-hybridized carbons (Fsp3) is 0.389. The van der Waals surface area contributed by atoms with Gasteiger partial charge in [0.05, 0.1) is 17.8 Å². The third-order valence-electron chi connectivity index (χ3n) is 5.00. The zero-order chi connectivity index (χ0) is 16.8. The Hall–Kier alpha value is -2.15. The quantitative estimate of drug-likeness (QED) is 0.790. The fourth-order valence-electron chi connectivity index (χ4n) is 3.76. The molecule has 0 radical (unpaired) electrons. The van der Waals surface area contributed by atoms with Gasteiger partial charge in [-0.15, -0.1) is 0 Å². The molecule has 1 aromatic heterocycles. The Bertz CT molecular complexity index is 839. The fourth-order valence-corrected chi connectivity index (χ4v) is 3.76. The second kappa shape index (κ2) is 5.73. The van der Waals surface area contributed by atoms with Crippen LogP contribution in [0.5, 0.6) is 0 Å². The molecule has 1 aliphatic carbocycles. The van der Waals surface area contributed by atoms with Crippen LogP contribution in [0.2, 0.25) is 0 Å². The van der Waals surface area contributed by atoms with Gasteiger partial charge in [-0.25, -0.2) is 10.4 Å². The van der Waals surface area contributed by atoms with Crippen LogP contribution in [0, 0.1) is 6.92 Å². The minimum Gasteiger partial charge on any atom is -0.381 e. The van der Waals surface area contributed by atoms with E-state index >= 15 is 0 Å². The van der Waals surface area contributed by atoms with Crippen molar-refractivity contribution in [3.8, 4) is 0 Å². The van der Waals surface area contributed by atoms with Crippen molar-refractivity contribution >= 4 is 16.8 Å². The van der Waals surface area contributed by atoms with Crippen molar-refractivity contribution in [1.29, 1.82) is 0 Å². The number of fused-ring (bicyclic) bond motifs is 1. The lowest BCUT2D eigenvalue weighted by Gasteiger charge is -2.26. The molecule has 4 N–H and O–H groups in total. The number of nitrogens with zero attached hydrogens (tertiary/aromatic N) is 1. The number of nitrogens with two attached hydrogens (primary N) is 1. The van der Waals surface area contributed by atoms with Crippen molar-refractivity contribution in [2.45, 2.75) is 38.5 Å². The minimum atomic E-state index is -0.325. The molecule has 2 heterocycles. The molecule has 0 spiro atoms. The van der Waals surface area contributed by atoms with E-state index in [-0.39, 0.29) is 18.2 Å². The van der Waals surface area contributed by atoms with Crippen molar-refractivity contribution < 1.29 is 9.53 Å². The average Bonchev–Trinajstić information content (AvgIpc) is 3.13. The highest BCUT2D eigenvalue weighted by molar-refractivity contribution is 6.07. The highest BCUT2D eigenvalue weighted by atomic mass is 16.5. The summed E-state index contributed by atoms with van der Waals surface area (Å²) in [4.78, 5) is 16.4. The molecule has 24 heavy (non-hydrogen) atoms. The van der Waals surface area contributed by atoms with E-state index < -0.39 is 0 Å². The molecule has 0 bridgehead atoms. The first-order chi connectivity index (χ1) is 11.6. The Morgan fingerprint density at radius 2 is 2.25 bits per heavy atom. The van der Waals surface area contributed by atoms with Gasteiger partial charge in [-0.3, -0.25) is 4.79 Å². The maximum atomic E-state index is 13.2. The van der Waals surface area contributed by atoms with Crippen molar-refractivity contribution in [2.75, 3.05) is 7.11 Å². The molecule has 0 saturated carbocycles. The largest absolute Gasteiger partial charge is 0.381 e. The Balaban J connectivity index is 1.71. The number of allylic oxidation sites excluding steroid dienone is 1. The number of carbonyl (C=O) groups is 1. The molecule has 2 atom stereocenters. The number of nitrogens with one attached hydrogen (secondary N) is 2. The van der Waals surface area contributed by atoms with E-state index in [2.05, 4.69) is 10.4 Å². The smallest absolute Gasteiger partial charge is 0.273 e. The first kappa shape index (κ1) is 15.4. The summed E-state index contributed by atoms with van der Waals surface area (Å²) >= 11 is 0. The third-order valence-corrected chi connectivity index (χ3v) is 5.00. The van der Waals surface area contributed by atoms with Gasteiger partial charge in [-0.05, 0) is 50.0 Å². The van der Waals surface area contributed by atoms with Gasteiger partial charge < -0.3 is 15.5 Å². The molecular weight excluding hydrogens is 304 g/mol. The molecule has 0 fully saturated rings. The summed E-state index contributed by atoms with van der Waals surface area (Å²) in [5.74, 6) is -0.0593. The van der Waals surface area contributed by atoms with E-state index in [9.17, 15) is 4.79 Å². The van der Waals surface area contributed by atoms with Crippen LogP contribution in [0.15, 0.2) is 35.5 Å². The number of methoxy groups -OCH3 is 1. The number of amides is 1. The van der Waals surface area contributed by atoms with Gasteiger partial charge in [-0.2, -0.15) is 0 Å². The lowest BCUT2D eigenvalue weighted by atomic mass is 9.93. The number of rotatable bonds is 2. The molecule has 2 aliphatic rings. The Morgan fingerprint density at radius 1 is 1.42 bits per heavy atom. The van der Waals surface area contributed by atoms with Crippen LogP contribution in [-0.4, -0.2) is 35.3 Å². The second-order valence-corrected chi connectivity index (χ2v) is 6.54. The summed E-state index contributed by atoms with van der Waals surface area (Å²) in [5, 5.41) is 2.58. The molecule has 1 aliphatic heterocycles. The zero-order valence-corrected chi connectivity index (χ0v) is 13.9. The highest BCUT2D eigenvalue weighted by Crippen LogP contribution is 2.34. The summed E-state index contributed by atoms with van der Waals surface area (Å²) in [7, 11) is 1.72. The van der Waals surface area contributed by atoms with Crippen LogP contribution in [0.4, 0.5) is 0 Å². The van der Waals surface area contributed by atoms with Crippen molar-refractivity contribution in [3.63, 3.8) is 0 Å². The van der Waals surface area contributed by atoms with E-state index in [1.54, 1.807) is 12.1 Å². The van der Waals surface area contributed by atoms with Crippen LogP contribution in [0.25, 0.3) is 10.9 Å². The summed E-state index contributed by atoms with van der Waals surface area (Å²) < 4.78 is 5.46. The topological polar surface area (TPSA) is 83.4 Å². The SMILES string of the molecule is COC1CCC2=C(C1)C(N)NN2C(=O)c1cccc2[nH]c(C)cc12. The van der Waals surface area contributed by atoms with Gasteiger partial charge in [-0.1, -0.05) is 6.07 Å². The number of aryl methyl sites for hydroxylation is 1. The molecule has 2 unspecified atom stereocenters. The number of hydrazine groups is 1. The monoisotopic (exact) mass is 326 g/mol. The molecule has 1 amide bonds. The molecular formula is C18H22N4O2. The van der Waals surface area contributed by atoms with E-state index in [1.165, 1.54) is 0 Å². The maximum Gasteiger partial charge on any atom is 0.273 e. The number of benzene rings is 1. The van der Waals surface area contributed by atoms with E-state index in [0.717, 1.165) is 47.1 Å². The highest BCUT2D eigenvalue weighted by Gasteiger charge is 2.37. The number of carbonyl (C=O) groups excluding carboxylic acids is 1. The zero-order valence-electron chi connectivity index (χ0n) is 13.9. The normalized spacial score (nSPS) is 23.9. The standard InChI is InChI=1S/C18H22N4O2/c1-10-8-13-12(4-3-5-15(13)20-10)18(23)22-16-7-6-11(24-2)9-14(16)17(19)21-22/h3-5,8,11,17,20-21H,6-7,9,19H2,1-2H3. The number of aromatic nitrogens is 1. The molecule has 0 saturated heterocycles. The van der Waals surface area contributed by atoms with Gasteiger partial charge >= 0.3 is 0 Å². The van der Waals surface area contributed by atoms with Gasteiger partial charge in [0.2, 0.25) is 0 Å². The van der Waals surface area contributed by atoms with E-state index in [1.807, 2.05) is 31.2 Å². The summed E-state index contributed by atoms with van der Waals surface area (Å²) in [5.41, 5.74) is 14.1. The number of aromatic amines is 1. The van der Waals surface area contributed by atoms with Crippen molar-refractivity contribution in [3.05, 3.63) is 46.8 Å². The summed E-state index contributed by atoms with van der Waals surface area (Å²) in [6.07, 6.45) is 2.33. The Morgan fingerprint density at radius 3 is 3.04 bits per heavy atom. The van der Waals surface area contributed by atoms with Crippen molar-refractivity contribution in [2.24, 2.45) is 5.73 Å². The maximum absolute atomic E-state index is 13.2. The average molecular weight is 326 g/mol. The molecule has 6 heteroatoms. The number of hydrogen-bond donors (Lipinski definition) is 3. The third kappa shape index (κ3) is 2.34.